The van der Waals surface area contributed by atoms with Crippen LogP contribution in [0, 0.1) is 6.92 Å². The van der Waals surface area contributed by atoms with Crippen molar-refractivity contribution in [3.8, 4) is 0 Å². The Labute approximate surface area is 131 Å². The van der Waals surface area contributed by atoms with Gasteiger partial charge in [0.1, 0.15) is 16.9 Å². The highest BCUT2D eigenvalue weighted by molar-refractivity contribution is 5.87. The van der Waals surface area contributed by atoms with Crippen LogP contribution < -0.4 is 5.32 Å². The number of anilines is 1. The van der Waals surface area contributed by atoms with E-state index >= 15 is 0 Å². The van der Waals surface area contributed by atoms with Crippen LogP contribution in [0.5, 0.6) is 0 Å². The second-order valence-corrected chi connectivity index (χ2v) is 6.06. The zero-order chi connectivity index (χ0) is 15.7. The Hall–Kier alpha value is -1.69. The van der Waals surface area contributed by atoms with Gasteiger partial charge in [-0.2, -0.15) is 5.10 Å². The molecule has 0 spiro atoms. The van der Waals surface area contributed by atoms with Crippen LogP contribution in [0.15, 0.2) is 0 Å². The van der Waals surface area contributed by atoms with E-state index in [1.807, 2.05) is 18.7 Å². The summed E-state index contributed by atoms with van der Waals surface area (Å²) in [5.41, 5.74) is 2.99. The first-order valence-electron chi connectivity index (χ1n) is 8.31. The summed E-state index contributed by atoms with van der Waals surface area (Å²) >= 11 is 0. The molecule has 1 aliphatic carbocycles. The molecule has 0 saturated heterocycles. The van der Waals surface area contributed by atoms with Gasteiger partial charge < -0.3 is 10.2 Å². The van der Waals surface area contributed by atoms with Crippen molar-refractivity contribution in [2.24, 2.45) is 7.05 Å². The van der Waals surface area contributed by atoms with Gasteiger partial charge in [-0.3, -0.25) is 4.68 Å². The summed E-state index contributed by atoms with van der Waals surface area (Å²) < 4.78 is 1.89. The van der Waals surface area contributed by atoms with Gasteiger partial charge in [0, 0.05) is 26.1 Å². The van der Waals surface area contributed by atoms with E-state index in [9.17, 15) is 0 Å². The van der Waals surface area contributed by atoms with Crippen LogP contribution in [-0.2, 0) is 7.05 Å². The van der Waals surface area contributed by atoms with Crippen LogP contribution in [0.3, 0.4) is 0 Å². The molecule has 6 nitrogen and oxygen atoms in total. The van der Waals surface area contributed by atoms with Gasteiger partial charge in [0.25, 0.3) is 0 Å². The summed E-state index contributed by atoms with van der Waals surface area (Å²) in [4.78, 5) is 11.9. The predicted octanol–water partition coefficient (Wildman–Crippen LogP) is 2.30. The number of likely N-dealkylation sites (N-methyl/N-ethyl adjacent to an activating group) is 1. The van der Waals surface area contributed by atoms with E-state index in [-0.39, 0.29) is 0 Å². The van der Waals surface area contributed by atoms with Crippen molar-refractivity contribution in [2.75, 3.05) is 31.5 Å². The Morgan fingerprint density at radius 1 is 1.23 bits per heavy atom. The zero-order valence-corrected chi connectivity index (χ0v) is 14.1. The first-order valence-corrected chi connectivity index (χ1v) is 8.31. The molecule has 1 saturated carbocycles. The predicted molar refractivity (Wildman–Crippen MR) is 89.3 cm³/mol. The largest absolute Gasteiger partial charge is 0.367 e. The number of aryl methyl sites for hydroxylation is 2. The number of rotatable bonds is 7. The SMILES string of the molecule is CCN(CC)CCNc1nc(C2CC2)nc2c(C)nn(C)c12. The molecule has 0 unspecified atom stereocenters. The number of nitrogens with zero attached hydrogens (tertiary/aromatic N) is 5. The van der Waals surface area contributed by atoms with Crippen LogP contribution >= 0.6 is 0 Å². The summed E-state index contributed by atoms with van der Waals surface area (Å²) in [6.45, 7) is 10.5. The average molecular weight is 302 g/mol. The third kappa shape index (κ3) is 2.92. The molecule has 1 N–H and O–H groups in total. The second kappa shape index (κ2) is 6.20. The quantitative estimate of drug-likeness (QED) is 0.850. The van der Waals surface area contributed by atoms with Gasteiger partial charge in [-0.05, 0) is 32.9 Å². The normalized spacial score (nSPS) is 15.0. The number of nitrogens with one attached hydrogen (secondary N) is 1. The molecule has 3 rings (SSSR count). The van der Waals surface area contributed by atoms with Gasteiger partial charge in [-0.25, -0.2) is 9.97 Å². The van der Waals surface area contributed by atoms with Crippen molar-refractivity contribution in [3.05, 3.63) is 11.5 Å². The Morgan fingerprint density at radius 2 is 1.95 bits per heavy atom. The molecule has 6 heteroatoms. The Kier molecular flexibility index (Phi) is 4.29. The molecule has 2 aromatic rings. The van der Waals surface area contributed by atoms with Gasteiger partial charge in [-0.15, -0.1) is 0 Å². The summed E-state index contributed by atoms with van der Waals surface area (Å²) in [6.07, 6.45) is 2.42. The van der Waals surface area contributed by atoms with Crippen molar-refractivity contribution in [1.82, 2.24) is 24.6 Å². The highest BCUT2D eigenvalue weighted by Gasteiger charge is 2.28. The molecule has 2 aromatic heterocycles. The Bertz CT molecular complexity index is 654. The van der Waals surface area contributed by atoms with Crippen molar-refractivity contribution in [1.29, 1.82) is 0 Å². The zero-order valence-electron chi connectivity index (χ0n) is 14.1. The highest BCUT2D eigenvalue weighted by atomic mass is 15.3. The van der Waals surface area contributed by atoms with E-state index < -0.39 is 0 Å². The van der Waals surface area contributed by atoms with Gasteiger partial charge in [0.15, 0.2) is 5.82 Å². The second-order valence-electron chi connectivity index (χ2n) is 6.06. The molecule has 0 radical (unpaired) electrons. The minimum atomic E-state index is 0.548. The molecule has 0 aliphatic heterocycles. The van der Waals surface area contributed by atoms with Gasteiger partial charge >= 0.3 is 0 Å². The fraction of sp³-hybridized carbons (Fsp3) is 0.688. The first kappa shape index (κ1) is 15.2. The van der Waals surface area contributed by atoms with Crippen molar-refractivity contribution >= 4 is 16.9 Å². The van der Waals surface area contributed by atoms with E-state index in [1.54, 1.807) is 0 Å². The standard InChI is InChI=1S/C16H26N6/c1-5-22(6-2)10-9-17-16-14-13(11(3)20-21(14)4)18-15(19-16)12-7-8-12/h12H,5-10H2,1-4H3,(H,17,18,19). The number of hydrogen-bond acceptors (Lipinski definition) is 5. The molecule has 0 aromatic carbocycles. The summed E-state index contributed by atoms with van der Waals surface area (Å²) in [7, 11) is 1.96. The van der Waals surface area contributed by atoms with Crippen LogP contribution in [-0.4, -0.2) is 50.8 Å². The molecule has 22 heavy (non-hydrogen) atoms. The number of aromatic nitrogens is 4. The van der Waals surface area contributed by atoms with Crippen LogP contribution in [0.25, 0.3) is 11.0 Å². The van der Waals surface area contributed by atoms with Gasteiger partial charge in [0.05, 0.1) is 5.69 Å². The third-order valence-corrected chi connectivity index (χ3v) is 4.43. The summed E-state index contributed by atoms with van der Waals surface area (Å²) in [6, 6.07) is 0. The fourth-order valence-corrected chi connectivity index (χ4v) is 2.87. The minimum Gasteiger partial charge on any atom is -0.367 e. The van der Waals surface area contributed by atoms with Crippen LogP contribution in [0.4, 0.5) is 5.82 Å². The van der Waals surface area contributed by atoms with Gasteiger partial charge in [-0.1, -0.05) is 13.8 Å². The van der Waals surface area contributed by atoms with E-state index in [1.165, 1.54) is 12.8 Å². The van der Waals surface area contributed by atoms with Crippen molar-refractivity contribution in [3.63, 3.8) is 0 Å². The van der Waals surface area contributed by atoms with Crippen molar-refractivity contribution in [2.45, 2.75) is 39.5 Å². The highest BCUT2D eigenvalue weighted by Crippen LogP contribution is 2.39. The summed E-state index contributed by atoms with van der Waals surface area (Å²) in [5.74, 6) is 2.46. The Balaban J connectivity index is 1.86. The topological polar surface area (TPSA) is 58.9 Å². The number of hydrogen-bond donors (Lipinski definition) is 1. The molecule has 0 atom stereocenters. The molecule has 0 amide bonds. The monoisotopic (exact) mass is 302 g/mol. The van der Waals surface area contributed by atoms with Crippen LogP contribution in [0.2, 0.25) is 0 Å². The van der Waals surface area contributed by atoms with E-state index in [4.69, 9.17) is 9.97 Å². The third-order valence-electron chi connectivity index (χ3n) is 4.43. The molecular weight excluding hydrogens is 276 g/mol. The molecule has 1 fully saturated rings. The fourth-order valence-electron chi connectivity index (χ4n) is 2.87. The maximum Gasteiger partial charge on any atom is 0.156 e. The lowest BCUT2D eigenvalue weighted by molar-refractivity contribution is 0.316. The molecule has 0 bridgehead atoms. The van der Waals surface area contributed by atoms with Crippen LogP contribution in [0.1, 0.15) is 44.1 Å². The number of fused-ring (bicyclic) bond motifs is 1. The molecule has 120 valence electrons. The van der Waals surface area contributed by atoms with Crippen molar-refractivity contribution < 1.29 is 0 Å². The molecule has 1 aliphatic rings. The van der Waals surface area contributed by atoms with E-state index in [0.717, 1.165) is 54.5 Å². The Morgan fingerprint density at radius 3 is 2.59 bits per heavy atom. The molecular formula is C16H26N6. The average Bonchev–Trinajstić information content (AvgIpc) is 3.31. The van der Waals surface area contributed by atoms with Gasteiger partial charge in [0.2, 0.25) is 0 Å². The lowest BCUT2D eigenvalue weighted by Gasteiger charge is -2.18. The minimum absolute atomic E-state index is 0.548. The smallest absolute Gasteiger partial charge is 0.156 e. The maximum absolute atomic E-state index is 4.78. The maximum atomic E-state index is 4.78. The van der Waals surface area contributed by atoms with E-state index in [2.05, 4.69) is 29.2 Å². The lowest BCUT2D eigenvalue weighted by Crippen LogP contribution is -2.29. The molecule has 2 heterocycles. The first-order chi connectivity index (χ1) is 10.6. The summed E-state index contributed by atoms with van der Waals surface area (Å²) in [5, 5.41) is 8.02. The van der Waals surface area contributed by atoms with E-state index in [0.29, 0.717) is 5.92 Å². The lowest BCUT2D eigenvalue weighted by atomic mass is 10.3.